The maximum Gasteiger partial charge on any atom is 0.166 e. The molecule has 2 aromatic rings. The molecule has 28 heavy (non-hydrogen) atoms. The zero-order valence-electron chi connectivity index (χ0n) is 17.0. The lowest BCUT2D eigenvalue weighted by Gasteiger charge is -2.48. The van der Waals surface area contributed by atoms with Crippen molar-refractivity contribution < 1.29 is 9.53 Å². The van der Waals surface area contributed by atoms with Crippen molar-refractivity contribution in [3.63, 3.8) is 0 Å². The summed E-state index contributed by atoms with van der Waals surface area (Å²) in [5, 5.41) is 0. The van der Waals surface area contributed by atoms with Gasteiger partial charge >= 0.3 is 0 Å². The molecule has 0 aromatic heterocycles. The Bertz CT molecular complexity index is 770. The van der Waals surface area contributed by atoms with Crippen molar-refractivity contribution in [2.45, 2.75) is 51.7 Å². The first-order valence-corrected chi connectivity index (χ1v) is 10.6. The fourth-order valence-corrected chi connectivity index (χ4v) is 4.77. The van der Waals surface area contributed by atoms with E-state index in [-0.39, 0.29) is 5.92 Å². The van der Waals surface area contributed by atoms with E-state index in [1.807, 2.05) is 12.1 Å². The molecule has 2 saturated heterocycles. The highest BCUT2D eigenvalue weighted by Gasteiger charge is 2.41. The van der Waals surface area contributed by atoms with E-state index >= 15 is 0 Å². The number of nitrogens with zero attached hydrogens (tertiary/aromatic N) is 1. The van der Waals surface area contributed by atoms with E-state index < -0.39 is 0 Å². The highest BCUT2D eigenvalue weighted by molar-refractivity contribution is 5.98. The summed E-state index contributed by atoms with van der Waals surface area (Å²) < 4.78 is 5.84. The molecule has 0 saturated carbocycles. The van der Waals surface area contributed by atoms with Gasteiger partial charge in [0.15, 0.2) is 5.78 Å². The molecular formula is C25H31NO2. The average molecular weight is 378 g/mol. The van der Waals surface area contributed by atoms with Crippen LogP contribution in [-0.4, -0.2) is 36.0 Å². The van der Waals surface area contributed by atoms with Crippen LogP contribution in [-0.2, 0) is 17.7 Å². The summed E-state index contributed by atoms with van der Waals surface area (Å²) in [5.41, 5.74) is 3.52. The van der Waals surface area contributed by atoms with Gasteiger partial charge in [-0.3, -0.25) is 9.69 Å². The molecular weight excluding hydrogens is 346 g/mol. The van der Waals surface area contributed by atoms with Crippen LogP contribution in [0.2, 0.25) is 0 Å². The van der Waals surface area contributed by atoms with E-state index in [0.29, 0.717) is 23.8 Å². The van der Waals surface area contributed by atoms with Gasteiger partial charge in [-0.05, 0) is 36.3 Å². The van der Waals surface area contributed by atoms with E-state index in [4.69, 9.17) is 4.74 Å². The number of hydrogen-bond acceptors (Lipinski definition) is 3. The molecule has 0 N–H and O–H groups in total. The first kappa shape index (κ1) is 19.4. The van der Waals surface area contributed by atoms with E-state index in [0.717, 1.165) is 44.6 Å². The van der Waals surface area contributed by atoms with Crippen LogP contribution in [0.4, 0.5) is 0 Å². The summed E-state index contributed by atoms with van der Waals surface area (Å²) >= 11 is 0. The van der Waals surface area contributed by atoms with Crippen molar-refractivity contribution in [1.29, 1.82) is 0 Å². The molecule has 2 aliphatic heterocycles. The van der Waals surface area contributed by atoms with Crippen LogP contribution < -0.4 is 0 Å². The molecule has 0 radical (unpaired) electrons. The normalized spacial score (nSPS) is 25.0. The number of piperidine rings is 1. The fourth-order valence-electron chi connectivity index (χ4n) is 4.77. The molecule has 4 rings (SSSR count). The van der Waals surface area contributed by atoms with Gasteiger partial charge in [0.05, 0.1) is 13.2 Å². The van der Waals surface area contributed by atoms with E-state index in [1.54, 1.807) is 0 Å². The second-order valence-corrected chi connectivity index (χ2v) is 8.83. The number of morpholine rings is 1. The van der Waals surface area contributed by atoms with Gasteiger partial charge in [-0.15, -0.1) is 0 Å². The lowest BCUT2D eigenvalue weighted by molar-refractivity contribution is -0.0872. The number of carbonyl (C=O) groups excluding carboxylic acids is 1. The molecule has 3 heteroatoms. The number of benzene rings is 2. The Balaban J connectivity index is 1.44. The molecule has 2 atom stereocenters. The van der Waals surface area contributed by atoms with Crippen LogP contribution in [0.15, 0.2) is 54.6 Å². The molecule has 2 heterocycles. The lowest BCUT2D eigenvalue weighted by atomic mass is 9.80. The first-order valence-electron chi connectivity index (χ1n) is 10.6. The van der Waals surface area contributed by atoms with Gasteiger partial charge in [0.25, 0.3) is 0 Å². The predicted octanol–water partition coefficient (Wildman–Crippen LogP) is 4.75. The molecule has 3 nitrogen and oxygen atoms in total. The molecule has 0 aliphatic carbocycles. The minimum atomic E-state index is 0.113. The monoisotopic (exact) mass is 377 g/mol. The van der Waals surface area contributed by atoms with Crippen LogP contribution in [0.25, 0.3) is 0 Å². The molecule has 0 spiro atoms. The Kier molecular flexibility index (Phi) is 5.93. The second kappa shape index (κ2) is 8.59. The number of hydrogen-bond donors (Lipinski definition) is 0. The Hall–Kier alpha value is -1.97. The Morgan fingerprint density at radius 3 is 2.21 bits per heavy atom. The molecule has 2 aromatic carbocycles. The lowest BCUT2D eigenvalue weighted by Crippen LogP contribution is -2.57. The summed E-state index contributed by atoms with van der Waals surface area (Å²) in [6.07, 6.45) is 2.86. The van der Waals surface area contributed by atoms with Crippen LogP contribution >= 0.6 is 0 Å². The maximum absolute atomic E-state index is 13.2. The highest BCUT2D eigenvalue weighted by atomic mass is 16.5. The van der Waals surface area contributed by atoms with Crippen LogP contribution in [0.1, 0.15) is 48.2 Å². The van der Waals surface area contributed by atoms with Gasteiger partial charge in [0.2, 0.25) is 0 Å². The Labute approximate surface area is 168 Å². The van der Waals surface area contributed by atoms with Crippen molar-refractivity contribution in [2.75, 3.05) is 13.2 Å². The summed E-state index contributed by atoms with van der Waals surface area (Å²) in [4.78, 5) is 15.7. The number of fused-ring (bicyclic) bond motifs is 2. The molecule has 2 aliphatic rings. The highest BCUT2D eigenvalue weighted by Crippen LogP contribution is 2.34. The number of ketones is 1. The molecule has 148 valence electrons. The third-order valence-electron chi connectivity index (χ3n) is 6.13. The zero-order valence-corrected chi connectivity index (χ0v) is 17.0. The van der Waals surface area contributed by atoms with Crippen molar-refractivity contribution in [1.82, 2.24) is 4.90 Å². The van der Waals surface area contributed by atoms with Crippen LogP contribution in [0.3, 0.4) is 0 Å². The maximum atomic E-state index is 13.2. The molecule has 2 fully saturated rings. The third kappa shape index (κ3) is 4.37. The van der Waals surface area contributed by atoms with Gasteiger partial charge in [-0.25, -0.2) is 0 Å². The van der Waals surface area contributed by atoms with Crippen molar-refractivity contribution in [2.24, 2.45) is 11.8 Å². The van der Waals surface area contributed by atoms with E-state index in [9.17, 15) is 4.79 Å². The van der Waals surface area contributed by atoms with E-state index in [1.165, 1.54) is 11.1 Å². The standard InChI is InChI=1S/C25H31NO2/c1-18(2)12-19-8-10-21(11-9-19)25(27)22-13-23-16-28-17-24(14-22)26(23)15-20-6-4-3-5-7-20/h3-11,18,22-24H,12-17H2,1-2H3. The minimum Gasteiger partial charge on any atom is -0.378 e. The SMILES string of the molecule is CC(C)Cc1ccc(C(=O)C2CC3COCC(C2)N3Cc2ccccc2)cc1. The van der Waals surface area contributed by atoms with Crippen molar-refractivity contribution in [3.05, 3.63) is 71.3 Å². The Morgan fingerprint density at radius 2 is 1.61 bits per heavy atom. The summed E-state index contributed by atoms with van der Waals surface area (Å²) in [5.74, 6) is 1.06. The van der Waals surface area contributed by atoms with Gasteiger partial charge in [0.1, 0.15) is 0 Å². The topological polar surface area (TPSA) is 29.5 Å². The second-order valence-electron chi connectivity index (χ2n) is 8.83. The largest absolute Gasteiger partial charge is 0.378 e. The number of carbonyl (C=O) groups is 1. The number of ether oxygens (including phenoxy) is 1. The summed E-state index contributed by atoms with van der Waals surface area (Å²) in [6.45, 7) is 6.87. The fraction of sp³-hybridized carbons (Fsp3) is 0.480. The molecule has 0 amide bonds. The van der Waals surface area contributed by atoms with Gasteiger partial charge < -0.3 is 4.74 Å². The number of Topliss-reactive ketones (excluding diaryl/α,β-unsaturated/α-hetero) is 1. The minimum absolute atomic E-state index is 0.113. The molecule has 2 bridgehead atoms. The predicted molar refractivity (Wildman–Crippen MR) is 112 cm³/mol. The van der Waals surface area contributed by atoms with Crippen LogP contribution in [0.5, 0.6) is 0 Å². The summed E-state index contributed by atoms with van der Waals surface area (Å²) in [7, 11) is 0. The molecule has 2 unspecified atom stereocenters. The van der Waals surface area contributed by atoms with Gasteiger partial charge in [-0.1, -0.05) is 68.4 Å². The van der Waals surface area contributed by atoms with Crippen molar-refractivity contribution >= 4 is 5.78 Å². The van der Waals surface area contributed by atoms with Crippen molar-refractivity contribution in [3.8, 4) is 0 Å². The smallest absolute Gasteiger partial charge is 0.166 e. The van der Waals surface area contributed by atoms with E-state index in [2.05, 4.69) is 61.2 Å². The van der Waals surface area contributed by atoms with Crippen LogP contribution in [0, 0.1) is 11.8 Å². The van der Waals surface area contributed by atoms with Gasteiger partial charge in [0, 0.05) is 30.1 Å². The Morgan fingerprint density at radius 1 is 0.964 bits per heavy atom. The third-order valence-corrected chi connectivity index (χ3v) is 6.13. The first-order chi connectivity index (χ1) is 13.6. The quantitative estimate of drug-likeness (QED) is 0.681. The zero-order chi connectivity index (χ0) is 19.5. The van der Waals surface area contributed by atoms with Gasteiger partial charge in [-0.2, -0.15) is 0 Å². The average Bonchev–Trinajstić information content (AvgIpc) is 2.68. The number of rotatable bonds is 6. The summed E-state index contributed by atoms with van der Waals surface area (Å²) in [6, 6.07) is 19.6.